The molecule has 9 nitrogen and oxygen atoms in total. The predicted octanol–water partition coefficient (Wildman–Crippen LogP) is 3.89. The molecule has 192 valence electrons. The zero-order valence-electron chi connectivity index (χ0n) is 20.9. The zero-order chi connectivity index (χ0) is 26.5. The van der Waals surface area contributed by atoms with Crippen LogP contribution < -0.4 is 15.4 Å². The number of hydrogen-bond donors (Lipinski definition) is 2. The van der Waals surface area contributed by atoms with E-state index in [-0.39, 0.29) is 54.8 Å². The number of amides is 3. The number of nitrogens with zero attached hydrogens (tertiary/aromatic N) is 2. The van der Waals surface area contributed by atoms with Gasteiger partial charge in [0.2, 0.25) is 5.91 Å². The van der Waals surface area contributed by atoms with E-state index >= 15 is 0 Å². The Morgan fingerprint density at radius 2 is 1.94 bits per heavy atom. The highest BCUT2D eigenvalue weighted by Crippen LogP contribution is 2.40. The van der Waals surface area contributed by atoms with Gasteiger partial charge in [-0.1, -0.05) is 56.3 Å². The summed E-state index contributed by atoms with van der Waals surface area (Å²) in [7, 11) is 1.48. The lowest BCUT2D eigenvalue weighted by Gasteiger charge is -2.49. The molecule has 36 heavy (non-hydrogen) atoms. The number of carbonyl (C=O) groups excluding carboxylic acids is 3. The van der Waals surface area contributed by atoms with Gasteiger partial charge in [-0.25, -0.2) is 14.6 Å². The van der Waals surface area contributed by atoms with Gasteiger partial charge in [-0.15, -0.1) is 0 Å². The quantitative estimate of drug-likeness (QED) is 0.227. The van der Waals surface area contributed by atoms with Gasteiger partial charge in [0, 0.05) is 24.7 Å². The summed E-state index contributed by atoms with van der Waals surface area (Å²) in [5.41, 5.74) is 1.58. The van der Waals surface area contributed by atoms with Gasteiger partial charge in [-0.2, -0.15) is 0 Å². The number of rotatable bonds is 9. The number of hydrogen-bond acceptors (Lipinski definition) is 6. The summed E-state index contributed by atoms with van der Waals surface area (Å²) in [6, 6.07) is 8.92. The molecule has 2 N–H and O–H groups in total. The van der Waals surface area contributed by atoms with Gasteiger partial charge in [0.05, 0.1) is 19.9 Å². The molecule has 1 saturated heterocycles. The number of carbonyl (C=O) groups is 3. The third-order valence-corrected chi connectivity index (χ3v) is 6.21. The lowest BCUT2D eigenvalue weighted by Crippen LogP contribution is -2.68. The highest BCUT2D eigenvalue weighted by molar-refractivity contribution is 6.29. The lowest BCUT2D eigenvalue weighted by molar-refractivity contribution is -0.138. The normalized spacial score (nSPS) is 14.0. The number of likely N-dealkylation sites (tertiary alicyclic amines) is 1. The second-order valence-corrected chi connectivity index (χ2v) is 9.38. The van der Waals surface area contributed by atoms with Crippen molar-refractivity contribution < 1.29 is 23.9 Å². The minimum Gasteiger partial charge on any atom is -0.494 e. The highest BCUT2D eigenvalue weighted by Gasteiger charge is 2.53. The Labute approximate surface area is 215 Å². The summed E-state index contributed by atoms with van der Waals surface area (Å²) in [5.74, 6) is -0.240. The molecular weight excluding hydrogens is 484 g/mol. The summed E-state index contributed by atoms with van der Waals surface area (Å²) < 4.78 is 10.4. The summed E-state index contributed by atoms with van der Waals surface area (Å²) >= 11 is 5.96. The number of benzene rings is 1. The predicted molar refractivity (Wildman–Crippen MR) is 137 cm³/mol. The van der Waals surface area contributed by atoms with Crippen molar-refractivity contribution in [1.29, 1.82) is 0 Å². The fraction of sp³-hybridized carbons (Fsp3) is 0.385. The maximum Gasteiger partial charge on any atom is 0.333 e. The topological polar surface area (TPSA) is 110 Å². The molecular formula is C26H31ClN4O5. The Bertz CT molecular complexity index is 1160. The Balaban J connectivity index is 1.79. The van der Waals surface area contributed by atoms with Gasteiger partial charge in [0.15, 0.2) is 0 Å². The van der Waals surface area contributed by atoms with Crippen LogP contribution in [0.15, 0.2) is 48.7 Å². The van der Waals surface area contributed by atoms with Crippen molar-refractivity contribution in [2.75, 3.05) is 38.7 Å². The van der Waals surface area contributed by atoms with E-state index in [1.54, 1.807) is 11.8 Å². The third-order valence-electron chi connectivity index (χ3n) is 6.00. The number of anilines is 1. The van der Waals surface area contributed by atoms with Crippen LogP contribution in [0, 0.1) is 0 Å². The largest absolute Gasteiger partial charge is 0.494 e. The standard InChI is InChI=1S/C26H31ClN4O5/c1-16(2)18-8-6-7-9-19(18)26(24(33)30-20-13-29-22(27)12-21(20)35-5)14-31(15-26)25(34)28-10-11-36-23(32)17(3)4/h6-9,12-13,16H,3,10-11,14-15H2,1-2,4-5H3,(H,28,34)(H,30,33). The third kappa shape index (κ3) is 5.79. The van der Waals surface area contributed by atoms with E-state index in [1.807, 2.05) is 24.3 Å². The van der Waals surface area contributed by atoms with E-state index in [4.69, 9.17) is 21.1 Å². The minimum absolute atomic E-state index is 0.0243. The molecule has 0 radical (unpaired) electrons. The Morgan fingerprint density at radius 3 is 2.58 bits per heavy atom. The molecule has 10 heteroatoms. The van der Waals surface area contributed by atoms with Gasteiger partial charge in [-0.05, 0) is 24.0 Å². The molecule has 0 spiro atoms. The number of nitrogens with one attached hydrogen (secondary N) is 2. The fourth-order valence-electron chi connectivity index (χ4n) is 4.08. The van der Waals surface area contributed by atoms with Crippen LogP contribution >= 0.6 is 11.6 Å². The summed E-state index contributed by atoms with van der Waals surface area (Å²) in [6.45, 7) is 9.70. The molecule has 1 aromatic carbocycles. The first-order valence-corrected chi connectivity index (χ1v) is 11.9. The van der Waals surface area contributed by atoms with Crippen molar-refractivity contribution in [2.45, 2.75) is 32.1 Å². The average Bonchev–Trinajstić information content (AvgIpc) is 2.82. The first kappa shape index (κ1) is 27.0. The van der Waals surface area contributed by atoms with Crippen molar-refractivity contribution in [1.82, 2.24) is 15.2 Å². The number of methoxy groups -OCH3 is 1. The number of aromatic nitrogens is 1. The highest BCUT2D eigenvalue weighted by atomic mass is 35.5. The summed E-state index contributed by atoms with van der Waals surface area (Å²) in [4.78, 5) is 43.6. The monoisotopic (exact) mass is 514 g/mol. The van der Waals surface area contributed by atoms with Crippen LogP contribution in [0.4, 0.5) is 10.5 Å². The molecule has 0 saturated carbocycles. The van der Waals surface area contributed by atoms with Crippen LogP contribution in [0.1, 0.15) is 37.8 Å². The smallest absolute Gasteiger partial charge is 0.333 e. The Hall–Kier alpha value is -3.59. The van der Waals surface area contributed by atoms with Gasteiger partial charge in [-0.3, -0.25) is 4.79 Å². The van der Waals surface area contributed by atoms with Crippen molar-refractivity contribution in [2.24, 2.45) is 0 Å². The van der Waals surface area contributed by atoms with Crippen molar-refractivity contribution >= 4 is 35.2 Å². The molecule has 2 heterocycles. The van der Waals surface area contributed by atoms with E-state index in [1.165, 1.54) is 19.4 Å². The maximum atomic E-state index is 13.8. The van der Waals surface area contributed by atoms with E-state index in [0.717, 1.165) is 11.1 Å². The number of halogens is 1. The minimum atomic E-state index is -0.977. The second-order valence-electron chi connectivity index (χ2n) is 8.99. The lowest BCUT2D eigenvalue weighted by atomic mass is 9.69. The summed E-state index contributed by atoms with van der Waals surface area (Å²) in [6.07, 6.45) is 1.44. The first-order valence-electron chi connectivity index (χ1n) is 11.5. The Morgan fingerprint density at radius 1 is 1.25 bits per heavy atom. The van der Waals surface area contributed by atoms with E-state index in [9.17, 15) is 14.4 Å². The number of urea groups is 1. The van der Waals surface area contributed by atoms with Crippen LogP contribution in [-0.4, -0.2) is 61.1 Å². The average molecular weight is 515 g/mol. The molecule has 0 bridgehead atoms. The summed E-state index contributed by atoms with van der Waals surface area (Å²) in [5, 5.41) is 5.88. The van der Waals surface area contributed by atoms with Gasteiger partial charge in [0.1, 0.15) is 28.6 Å². The number of ether oxygens (including phenoxy) is 2. The van der Waals surface area contributed by atoms with Crippen LogP contribution in [-0.2, 0) is 19.7 Å². The SMILES string of the molecule is C=C(C)C(=O)OCCNC(=O)N1CC(C(=O)Nc2cnc(Cl)cc2OC)(c2ccccc2C(C)C)C1. The van der Waals surface area contributed by atoms with Crippen molar-refractivity contribution in [3.8, 4) is 5.75 Å². The van der Waals surface area contributed by atoms with Crippen molar-refractivity contribution in [3.05, 3.63) is 65.0 Å². The molecule has 2 aromatic rings. The van der Waals surface area contributed by atoms with Crippen LogP contribution in [0.3, 0.4) is 0 Å². The molecule has 1 aliphatic rings. The van der Waals surface area contributed by atoms with Gasteiger partial charge in [0.25, 0.3) is 0 Å². The molecule has 0 unspecified atom stereocenters. The van der Waals surface area contributed by atoms with Crippen LogP contribution in [0.2, 0.25) is 5.15 Å². The molecule has 0 atom stereocenters. The van der Waals surface area contributed by atoms with Gasteiger partial charge >= 0.3 is 12.0 Å². The molecule has 3 amide bonds. The molecule has 1 fully saturated rings. The van der Waals surface area contributed by atoms with Crippen LogP contribution in [0.25, 0.3) is 0 Å². The molecule has 1 aliphatic heterocycles. The zero-order valence-corrected chi connectivity index (χ0v) is 21.6. The van der Waals surface area contributed by atoms with Gasteiger partial charge < -0.3 is 25.0 Å². The molecule has 1 aromatic heterocycles. The second kappa shape index (κ2) is 11.4. The number of esters is 1. The van der Waals surface area contributed by atoms with E-state index in [2.05, 4.69) is 36.0 Å². The maximum absolute atomic E-state index is 13.8. The molecule has 0 aliphatic carbocycles. The van der Waals surface area contributed by atoms with Crippen LogP contribution in [0.5, 0.6) is 5.75 Å². The van der Waals surface area contributed by atoms with E-state index < -0.39 is 11.4 Å². The molecule has 3 rings (SSSR count). The van der Waals surface area contributed by atoms with Crippen molar-refractivity contribution in [3.63, 3.8) is 0 Å². The fourth-order valence-corrected chi connectivity index (χ4v) is 4.22. The van der Waals surface area contributed by atoms with E-state index in [0.29, 0.717) is 11.4 Å². The Kier molecular flexibility index (Phi) is 8.57. The first-order chi connectivity index (χ1) is 17.1. The number of pyridine rings is 1.